The van der Waals surface area contributed by atoms with Gasteiger partial charge in [-0.25, -0.2) is 5.48 Å². The molecule has 1 aromatic rings. The Morgan fingerprint density at radius 3 is 2.36 bits per heavy atom. The third-order valence-electron chi connectivity index (χ3n) is 3.32. The minimum absolute atomic E-state index is 0.144. The molecule has 5 nitrogen and oxygen atoms in total. The standard InChI is InChI=1S/C17H23NO4/c1-17(2,12-6-5-7-15(19)18-20)16(22-4)13-8-10-14(21-3)11-9-13/h5-12,16,20H,1-4H3,(H,18,19). The Kier molecular flexibility index (Phi) is 6.82. The van der Waals surface area contributed by atoms with E-state index in [0.717, 1.165) is 11.3 Å². The first-order chi connectivity index (χ1) is 10.4. The topological polar surface area (TPSA) is 67.8 Å². The lowest BCUT2D eigenvalue weighted by atomic mass is 9.82. The van der Waals surface area contributed by atoms with Crippen LogP contribution in [0.2, 0.25) is 0 Å². The van der Waals surface area contributed by atoms with Crippen LogP contribution in [0.5, 0.6) is 5.75 Å². The molecule has 120 valence electrons. The van der Waals surface area contributed by atoms with Gasteiger partial charge in [0, 0.05) is 18.6 Å². The van der Waals surface area contributed by atoms with E-state index >= 15 is 0 Å². The summed E-state index contributed by atoms with van der Waals surface area (Å²) in [5, 5.41) is 8.41. The Morgan fingerprint density at radius 1 is 1.23 bits per heavy atom. The number of rotatable bonds is 7. The predicted molar refractivity (Wildman–Crippen MR) is 84.7 cm³/mol. The summed E-state index contributed by atoms with van der Waals surface area (Å²) in [6.45, 7) is 4.09. The average molecular weight is 305 g/mol. The summed E-state index contributed by atoms with van der Waals surface area (Å²) in [6.07, 6.45) is 6.36. The summed E-state index contributed by atoms with van der Waals surface area (Å²) in [5.74, 6) is 0.228. The number of ether oxygens (including phenoxy) is 2. The highest BCUT2D eigenvalue weighted by molar-refractivity contribution is 5.86. The molecule has 0 bridgehead atoms. The summed E-state index contributed by atoms with van der Waals surface area (Å²) in [4.78, 5) is 10.9. The highest BCUT2D eigenvalue weighted by Crippen LogP contribution is 2.37. The molecule has 1 unspecified atom stereocenters. The molecule has 0 saturated carbocycles. The zero-order chi connectivity index (χ0) is 16.6. The van der Waals surface area contributed by atoms with Gasteiger partial charge in [0.1, 0.15) is 5.75 Å². The maximum absolute atomic E-state index is 10.9. The quantitative estimate of drug-likeness (QED) is 0.352. The van der Waals surface area contributed by atoms with Crippen LogP contribution in [0.1, 0.15) is 25.5 Å². The summed E-state index contributed by atoms with van der Waals surface area (Å²) in [7, 11) is 3.30. The van der Waals surface area contributed by atoms with E-state index in [4.69, 9.17) is 14.7 Å². The summed E-state index contributed by atoms with van der Waals surface area (Å²) >= 11 is 0. The van der Waals surface area contributed by atoms with Crippen LogP contribution in [0.4, 0.5) is 0 Å². The van der Waals surface area contributed by atoms with E-state index in [2.05, 4.69) is 0 Å². The average Bonchev–Trinajstić information content (AvgIpc) is 2.52. The molecule has 0 saturated heterocycles. The molecule has 5 heteroatoms. The van der Waals surface area contributed by atoms with E-state index < -0.39 is 5.91 Å². The van der Waals surface area contributed by atoms with Crippen molar-refractivity contribution in [1.82, 2.24) is 5.48 Å². The van der Waals surface area contributed by atoms with Crippen LogP contribution in [-0.2, 0) is 9.53 Å². The predicted octanol–water partition coefficient (Wildman–Crippen LogP) is 3.03. The monoisotopic (exact) mass is 305 g/mol. The van der Waals surface area contributed by atoms with Gasteiger partial charge in [0.05, 0.1) is 13.2 Å². The molecule has 0 radical (unpaired) electrons. The lowest BCUT2D eigenvalue weighted by Gasteiger charge is -2.31. The number of amides is 1. The number of carbonyl (C=O) groups is 1. The molecule has 0 aliphatic heterocycles. The van der Waals surface area contributed by atoms with Crippen molar-refractivity contribution in [3.8, 4) is 5.75 Å². The normalized spacial score (nSPS) is 13.5. The SMILES string of the molecule is COc1ccc(C(OC)C(C)(C)C=CC=CC(=O)NO)cc1. The van der Waals surface area contributed by atoms with Crippen molar-refractivity contribution >= 4 is 5.91 Å². The number of hydroxylamine groups is 1. The van der Waals surface area contributed by atoms with Crippen molar-refractivity contribution in [3.05, 3.63) is 54.1 Å². The van der Waals surface area contributed by atoms with Crippen molar-refractivity contribution in [3.63, 3.8) is 0 Å². The maximum atomic E-state index is 10.9. The Bertz CT molecular complexity index is 532. The zero-order valence-electron chi connectivity index (χ0n) is 13.4. The van der Waals surface area contributed by atoms with Gasteiger partial charge in [-0.1, -0.05) is 44.2 Å². The third-order valence-corrected chi connectivity index (χ3v) is 3.32. The second-order valence-corrected chi connectivity index (χ2v) is 5.40. The molecule has 22 heavy (non-hydrogen) atoms. The number of methoxy groups -OCH3 is 2. The van der Waals surface area contributed by atoms with Crippen LogP contribution in [0.3, 0.4) is 0 Å². The minimum Gasteiger partial charge on any atom is -0.497 e. The number of benzene rings is 1. The highest BCUT2D eigenvalue weighted by Gasteiger charge is 2.28. The minimum atomic E-state index is -0.569. The maximum Gasteiger partial charge on any atom is 0.267 e. The number of hydrogen-bond acceptors (Lipinski definition) is 4. The van der Waals surface area contributed by atoms with Gasteiger partial charge < -0.3 is 9.47 Å². The van der Waals surface area contributed by atoms with Gasteiger partial charge in [0.2, 0.25) is 0 Å². The summed E-state index contributed by atoms with van der Waals surface area (Å²) in [6, 6.07) is 7.73. The lowest BCUT2D eigenvalue weighted by Crippen LogP contribution is -2.21. The molecule has 1 rings (SSSR count). The fraction of sp³-hybridized carbons (Fsp3) is 0.353. The molecular weight excluding hydrogens is 282 g/mol. The zero-order valence-corrected chi connectivity index (χ0v) is 13.4. The third kappa shape index (κ3) is 5.02. The van der Waals surface area contributed by atoms with Crippen LogP contribution in [0.25, 0.3) is 0 Å². The number of allylic oxidation sites excluding steroid dienone is 2. The first-order valence-electron chi connectivity index (χ1n) is 6.91. The molecule has 0 aliphatic rings. The second kappa shape index (κ2) is 8.36. The van der Waals surface area contributed by atoms with E-state index in [1.54, 1.807) is 26.4 Å². The Balaban J connectivity index is 2.88. The van der Waals surface area contributed by atoms with Gasteiger partial charge in [-0.05, 0) is 17.7 Å². The van der Waals surface area contributed by atoms with E-state index in [1.165, 1.54) is 11.6 Å². The first kappa shape index (κ1) is 17.9. The molecular formula is C17H23NO4. The Hall–Kier alpha value is -2.11. The van der Waals surface area contributed by atoms with Crippen molar-refractivity contribution < 1.29 is 19.5 Å². The molecule has 1 aromatic carbocycles. The van der Waals surface area contributed by atoms with E-state index in [0.29, 0.717) is 0 Å². The van der Waals surface area contributed by atoms with Gasteiger partial charge in [-0.15, -0.1) is 0 Å². The second-order valence-electron chi connectivity index (χ2n) is 5.40. The smallest absolute Gasteiger partial charge is 0.267 e. The lowest BCUT2D eigenvalue weighted by molar-refractivity contribution is -0.124. The van der Waals surface area contributed by atoms with Crippen LogP contribution in [0, 0.1) is 5.41 Å². The van der Waals surface area contributed by atoms with E-state index in [9.17, 15) is 4.79 Å². The molecule has 0 spiro atoms. The van der Waals surface area contributed by atoms with Crippen molar-refractivity contribution in [1.29, 1.82) is 0 Å². The largest absolute Gasteiger partial charge is 0.497 e. The number of hydrogen-bond donors (Lipinski definition) is 2. The molecule has 0 heterocycles. The molecule has 2 N–H and O–H groups in total. The van der Waals surface area contributed by atoms with Gasteiger partial charge >= 0.3 is 0 Å². The van der Waals surface area contributed by atoms with E-state index in [-0.39, 0.29) is 11.5 Å². The van der Waals surface area contributed by atoms with Gasteiger partial charge in [-0.3, -0.25) is 10.0 Å². The summed E-state index contributed by atoms with van der Waals surface area (Å²) < 4.78 is 10.8. The summed E-state index contributed by atoms with van der Waals surface area (Å²) in [5.41, 5.74) is 2.29. The molecule has 1 atom stereocenters. The van der Waals surface area contributed by atoms with E-state index in [1.807, 2.05) is 44.2 Å². The van der Waals surface area contributed by atoms with Gasteiger partial charge in [-0.2, -0.15) is 0 Å². The number of nitrogens with one attached hydrogen (secondary N) is 1. The first-order valence-corrected chi connectivity index (χ1v) is 6.91. The number of carbonyl (C=O) groups excluding carboxylic acids is 1. The fourth-order valence-electron chi connectivity index (χ4n) is 2.22. The van der Waals surface area contributed by atoms with Gasteiger partial charge in [0.25, 0.3) is 5.91 Å². The molecule has 1 amide bonds. The van der Waals surface area contributed by atoms with Crippen LogP contribution >= 0.6 is 0 Å². The molecule has 0 fully saturated rings. The molecule has 0 aromatic heterocycles. The van der Waals surface area contributed by atoms with Crippen LogP contribution in [-0.4, -0.2) is 25.3 Å². The van der Waals surface area contributed by atoms with Crippen LogP contribution in [0.15, 0.2) is 48.6 Å². The van der Waals surface area contributed by atoms with Gasteiger partial charge in [0.15, 0.2) is 0 Å². The van der Waals surface area contributed by atoms with Crippen molar-refractivity contribution in [2.45, 2.75) is 20.0 Å². The fourth-order valence-corrected chi connectivity index (χ4v) is 2.22. The Morgan fingerprint density at radius 2 is 1.86 bits per heavy atom. The molecule has 0 aliphatic carbocycles. The van der Waals surface area contributed by atoms with Crippen molar-refractivity contribution in [2.24, 2.45) is 5.41 Å². The van der Waals surface area contributed by atoms with Crippen LogP contribution < -0.4 is 10.2 Å². The van der Waals surface area contributed by atoms with Crippen molar-refractivity contribution in [2.75, 3.05) is 14.2 Å². The highest BCUT2D eigenvalue weighted by atomic mass is 16.5. The Labute approximate surface area is 131 Å².